The topological polar surface area (TPSA) is 83.7 Å². The number of furan rings is 1. The zero-order valence-electron chi connectivity index (χ0n) is 15.2. The summed E-state index contributed by atoms with van der Waals surface area (Å²) in [7, 11) is 0. The molecule has 6 nitrogen and oxygen atoms in total. The van der Waals surface area contributed by atoms with E-state index in [9.17, 15) is 9.59 Å². The molecule has 0 radical (unpaired) electrons. The van der Waals surface area contributed by atoms with Crippen molar-refractivity contribution in [2.45, 2.75) is 27.7 Å². The first-order valence-electron chi connectivity index (χ1n) is 7.91. The maximum Gasteiger partial charge on any atom is 0.267 e. The minimum Gasteiger partial charge on any atom is -0.463 e. The van der Waals surface area contributed by atoms with Gasteiger partial charge < -0.3 is 9.73 Å². The molecule has 2 N–H and O–H groups in total. The predicted octanol–water partition coefficient (Wildman–Crippen LogP) is 3.78. The predicted molar refractivity (Wildman–Crippen MR) is 103 cm³/mol. The molecule has 26 heavy (non-hydrogen) atoms. The Morgan fingerprint density at radius 1 is 1.23 bits per heavy atom. The minimum atomic E-state index is -0.404. The van der Waals surface area contributed by atoms with Crippen molar-refractivity contribution >= 4 is 29.6 Å². The Morgan fingerprint density at radius 2 is 1.96 bits per heavy atom. The molecule has 0 saturated carbocycles. The molecular formula is C19H22ClN3O3. The lowest BCUT2D eigenvalue weighted by atomic mass is 10.2. The van der Waals surface area contributed by atoms with Gasteiger partial charge in [0.15, 0.2) is 0 Å². The number of rotatable bonds is 7. The van der Waals surface area contributed by atoms with Crippen molar-refractivity contribution in [1.29, 1.82) is 0 Å². The van der Waals surface area contributed by atoms with Gasteiger partial charge in [0, 0.05) is 16.3 Å². The number of halogens is 1. The Kier molecular flexibility index (Phi) is 8.87. The molecule has 0 fully saturated rings. The number of hydrogen-bond acceptors (Lipinski definition) is 4. The van der Waals surface area contributed by atoms with Crippen molar-refractivity contribution in [3.8, 4) is 0 Å². The molecule has 138 valence electrons. The Bertz CT molecular complexity index is 781. The molecule has 0 spiro atoms. The zero-order valence-corrected chi connectivity index (χ0v) is 15.9. The van der Waals surface area contributed by atoms with E-state index in [1.54, 1.807) is 64.1 Å². The Labute approximate surface area is 158 Å². The van der Waals surface area contributed by atoms with Gasteiger partial charge >= 0.3 is 0 Å². The van der Waals surface area contributed by atoms with Gasteiger partial charge in [-0.1, -0.05) is 29.8 Å². The van der Waals surface area contributed by atoms with Gasteiger partial charge in [0.05, 0.1) is 18.1 Å². The van der Waals surface area contributed by atoms with Crippen LogP contribution in [0.15, 0.2) is 74.1 Å². The van der Waals surface area contributed by atoms with Crippen molar-refractivity contribution in [3.05, 3.63) is 70.3 Å². The molecule has 0 bridgehead atoms. The second-order valence-corrected chi connectivity index (χ2v) is 5.75. The van der Waals surface area contributed by atoms with Gasteiger partial charge in [-0.3, -0.25) is 9.59 Å². The highest BCUT2D eigenvalue weighted by Crippen LogP contribution is 2.11. The smallest absolute Gasteiger partial charge is 0.267 e. The lowest BCUT2D eigenvalue weighted by molar-refractivity contribution is -0.118. The van der Waals surface area contributed by atoms with Crippen LogP contribution in [0.5, 0.6) is 0 Å². The number of hydrazone groups is 1. The van der Waals surface area contributed by atoms with E-state index in [2.05, 4.69) is 15.8 Å². The Hall–Kier alpha value is -2.86. The van der Waals surface area contributed by atoms with E-state index in [4.69, 9.17) is 16.0 Å². The summed E-state index contributed by atoms with van der Waals surface area (Å²) < 4.78 is 5.07. The molecule has 0 aliphatic heterocycles. The molecule has 0 unspecified atom stereocenters. The quantitative estimate of drug-likeness (QED) is 0.329. The van der Waals surface area contributed by atoms with Gasteiger partial charge in [-0.25, -0.2) is 5.43 Å². The van der Waals surface area contributed by atoms with E-state index >= 15 is 0 Å². The third kappa shape index (κ3) is 6.94. The maximum atomic E-state index is 12.3. The highest BCUT2D eigenvalue weighted by atomic mass is 35.5. The highest BCUT2D eigenvalue weighted by molar-refractivity contribution is 6.32. The van der Waals surface area contributed by atoms with Crippen LogP contribution in [0.2, 0.25) is 0 Å². The third-order valence-electron chi connectivity index (χ3n) is 3.15. The van der Waals surface area contributed by atoms with E-state index in [0.29, 0.717) is 27.6 Å². The summed E-state index contributed by atoms with van der Waals surface area (Å²) in [6.07, 6.45) is 9.47. The molecule has 0 aromatic carbocycles. The van der Waals surface area contributed by atoms with Crippen molar-refractivity contribution in [3.63, 3.8) is 0 Å². The summed E-state index contributed by atoms with van der Waals surface area (Å²) in [5.41, 5.74) is 3.58. The summed E-state index contributed by atoms with van der Waals surface area (Å²) in [6, 6.07) is 3.43. The third-order valence-corrected chi connectivity index (χ3v) is 3.35. The average Bonchev–Trinajstić information content (AvgIpc) is 3.11. The van der Waals surface area contributed by atoms with Crippen LogP contribution in [-0.4, -0.2) is 18.0 Å². The van der Waals surface area contributed by atoms with E-state index < -0.39 is 5.91 Å². The number of nitrogens with zero attached hydrogens (tertiary/aromatic N) is 1. The highest BCUT2D eigenvalue weighted by Gasteiger charge is 2.11. The number of nitrogens with one attached hydrogen (secondary N) is 2. The van der Waals surface area contributed by atoms with Crippen LogP contribution < -0.4 is 10.7 Å². The van der Waals surface area contributed by atoms with Gasteiger partial charge in [-0.2, -0.15) is 5.10 Å². The first-order chi connectivity index (χ1) is 12.4. The van der Waals surface area contributed by atoms with Crippen LogP contribution in [0.25, 0.3) is 0 Å². The molecule has 0 aliphatic carbocycles. The summed E-state index contributed by atoms with van der Waals surface area (Å²) in [5.74, 6) is -0.240. The lowest BCUT2D eigenvalue weighted by Crippen LogP contribution is -2.25. The van der Waals surface area contributed by atoms with Gasteiger partial charge in [0.1, 0.15) is 5.76 Å². The minimum absolute atomic E-state index is 0.354. The fourth-order valence-corrected chi connectivity index (χ4v) is 1.96. The van der Waals surface area contributed by atoms with Crippen LogP contribution >= 0.6 is 11.6 Å². The van der Waals surface area contributed by atoms with Crippen molar-refractivity contribution < 1.29 is 14.0 Å². The summed E-state index contributed by atoms with van der Waals surface area (Å²) in [5, 5.41) is 6.90. The molecule has 1 rings (SSSR count). The number of amides is 2. The summed E-state index contributed by atoms with van der Waals surface area (Å²) >= 11 is 5.94. The zero-order chi connectivity index (χ0) is 19.5. The lowest BCUT2D eigenvalue weighted by Gasteiger charge is -2.08. The van der Waals surface area contributed by atoms with Crippen molar-refractivity contribution in [2.24, 2.45) is 5.10 Å². The Balaban J connectivity index is 2.76. The summed E-state index contributed by atoms with van der Waals surface area (Å²) in [6.45, 7) is 6.79. The molecule has 0 saturated heterocycles. The number of allylic oxidation sites excluding steroid dienone is 4. The number of hydrogen-bond donors (Lipinski definition) is 2. The molecule has 1 heterocycles. The standard InChI is InChI=1S/C19H22ClN3O3/c1-5-8-17(14(4)20)19(25)22-15(6-2)11-13(3)18(24)23-21-12-16-9-7-10-26-16/h5-12H,1-4H3,(H,22,25)(H,23,24)/b8-5-,13-11+,15-6+,17-14-,21-12+. The number of carbonyl (C=O) groups excluding carboxylic acids is 2. The summed E-state index contributed by atoms with van der Waals surface area (Å²) in [4.78, 5) is 24.3. The molecule has 7 heteroatoms. The number of carbonyl (C=O) groups is 2. The first-order valence-corrected chi connectivity index (χ1v) is 8.28. The van der Waals surface area contributed by atoms with Crippen LogP contribution in [0.3, 0.4) is 0 Å². The maximum absolute atomic E-state index is 12.3. The normalized spacial score (nSPS) is 13.9. The van der Waals surface area contributed by atoms with E-state index in [1.165, 1.54) is 12.5 Å². The molecule has 2 amide bonds. The van der Waals surface area contributed by atoms with E-state index in [1.807, 2.05) is 0 Å². The van der Waals surface area contributed by atoms with Crippen LogP contribution in [0, 0.1) is 0 Å². The average molecular weight is 376 g/mol. The molecule has 1 aromatic rings. The second kappa shape index (κ2) is 10.9. The van der Waals surface area contributed by atoms with Crippen molar-refractivity contribution in [1.82, 2.24) is 10.7 Å². The van der Waals surface area contributed by atoms with E-state index in [0.717, 1.165) is 0 Å². The van der Waals surface area contributed by atoms with Crippen molar-refractivity contribution in [2.75, 3.05) is 0 Å². The second-order valence-electron chi connectivity index (χ2n) is 5.19. The largest absolute Gasteiger partial charge is 0.463 e. The SMILES string of the molecule is C/C=C\C(C(=O)NC(=C/C)/C=C(\C)C(=O)N/N=C/c1ccco1)=C(/C)Cl. The van der Waals surface area contributed by atoms with Crippen LogP contribution in [-0.2, 0) is 9.59 Å². The van der Waals surface area contributed by atoms with Crippen LogP contribution in [0.4, 0.5) is 0 Å². The van der Waals surface area contributed by atoms with Crippen LogP contribution in [0.1, 0.15) is 33.5 Å². The van der Waals surface area contributed by atoms with Gasteiger partial charge in [-0.05, 0) is 45.9 Å². The monoisotopic (exact) mass is 375 g/mol. The van der Waals surface area contributed by atoms with E-state index in [-0.39, 0.29) is 5.91 Å². The molecular weight excluding hydrogens is 354 g/mol. The van der Waals surface area contributed by atoms with Gasteiger partial charge in [0.2, 0.25) is 0 Å². The Morgan fingerprint density at radius 3 is 2.50 bits per heavy atom. The first kappa shape index (κ1) is 21.2. The fraction of sp³-hybridized carbons (Fsp3) is 0.211. The van der Waals surface area contributed by atoms with Gasteiger partial charge in [-0.15, -0.1) is 0 Å². The molecule has 0 atom stereocenters. The molecule has 1 aromatic heterocycles. The molecule has 0 aliphatic rings. The van der Waals surface area contributed by atoms with Gasteiger partial charge in [0.25, 0.3) is 11.8 Å². The fourth-order valence-electron chi connectivity index (χ4n) is 1.81.